The summed E-state index contributed by atoms with van der Waals surface area (Å²) >= 11 is 10.1. The van der Waals surface area contributed by atoms with Gasteiger partial charge in [0.15, 0.2) is 0 Å². The van der Waals surface area contributed by atoms with Crippen molar-refractivity contribution < 1.29 is 19.7 Å². The van der Waals surface area contributed by atoms with E-state index in [0.29, 0.717) is 6.61 Å². The SMILES string of the molecule is NC1c2cc(Br)ccc2OCC1O.OC1c2cc(Br)ccc2OCC1Br. The predicted molar refractivity (Wildman–Crippen MR) is 110 cm³/mol. The summed E-state index contributed by atoms with van der Waals surface area (Å²) in [6, 6.07) is 10.9. The number of benzene rings is 2. The van der Waals surface area contributed by atoms with Crippen molar-refractivity contribution in [3.63, 3.8) is 0 Å². The van der Waals surface area contributed by atoms with E-state index < -0.39 is 12.2 Å². The number of hydrogen-bond donors (Lipinski definition) is 3. The summed E-state index contributed by atoms with van der Waals surface area (Å²) in [6.07, 6.45) is -1.09. The third-order valence-corrected chi connectivity index (χ3v) is 5.94. The van der Waals surface area contributed by atoms with E-state index in [9.17, 15) is 10.2 Å². The summed E-state index contributed by atoms with van der Waals surface area (Å²) in [6.45, 7) is 0.783. The second kappa shape index (κ2) is 8.58. The topological polar surface area (TPSA) is 84.9 Å². The van der Waals surface area contributed by atoms with Crippen LogP contribution >= 0.6 is 47.8 Å². The number of aliphatic hydroxyl groups is 2. The third kappa shape index (κ3) is 4.43. The van der Waals surface area contributed by atoms with E-state index in [1.807, 2.05) is 36.4 Å². The molecule has 5 nitrogen and oxygen atoms in total. The van der Waals surface area contributed by atoms with Gasteiger partial charge in [0.25, 0.3) is 0 Å². The Morgan fingerprint density at radius 3 is 2.08 bits per heavy atom. The maximum absolute atomic E-state index is 9.81. The number of ether oxygens (including phenoxy) is 2. The van der Waals surface area contributed by atoms with E-state index >= 15 is 0 Å². The normalized spacial score (nSPS) is 26.4. The van der Waals surface area contributed by atoms with Gasteiger partial charge < -0.3 is 25.4 Å². The molecule has 0 aromatic heterocycles. The fourth-order valence-corrected chi connectivity index (χ4v) is 3.91. The van der Waals surface area contributed by atoms with Gasteiger partial charge in [-0.25, -0.2) is 0 Å². The van der Waals surface area contributed by atoms with Crippen molar-refractivity contribution in [3.05, 3.63) is 56.5 Å². The van der Waals surface area contributed by atoms with Crippen molar-refractivity contribution in [2.45, 2.75) is 23.1 Å². The highest BCUT2D eigenvalue weighted by Gasteiger charge is 2.27. The first-order valence-electron chi connectivity index (χ1n) is 7.97. The summed E-state index contributed by atoms with van der Waals surface area (Å²) in [7, 11) is 0. The molecule has 8 heteroatoms. The molecule has 2 heterocycles. The molecule has 140 valence electrons. The Morgan fingerprint density at radius 2 is 1.42 bits per heavy atom. The van der Waals surface area contributed by atoms with Crippen molar-refractivity contribution in [1.29, 1.82) is 0 Å². The molecular weight excluding hydrogens is 534 g/mol. The Hall–Kier alpha value is -0.640. The minimum atomic E-state index is -0.609. The highest BCUT2D eigenvalue weighted by atomic mass is 79.9. The lowest BCUT2D eigenvalue weighted by Gasteiger charge is -2.27. The van der Waals surface area contributed by atoms with Crippen molar-refractivity contribution >= 4 is 47.8 Å². The Balaban J connectivity index is 0.000000151. The molecule has 4 rings (SSSR count). The first kappa shape index (κ1) is 20.1. The minimum absolute atomic E-state index is 0.0192. The largest absolute Gasteiger partial charge is 0.492 e. The van der Waals surface area contributed by atoms with Gasteiger partial charge in [0.1, 0.15) is 30.8 Å². The molecule has 0 aliphatic carbocycles. The van der Waals surface area contributed by atoms with Crippen LogP contribution in [0.2, 0.25) is 0 Å². The second-order valence-corrected chi connectivity index (χ2v) is 9.05. The summed E-state index contributed by atoms with van der Waals surface area (Å²) in [5, 5.41) is 19.3. The van der Waals surface area contributed by atoms with Gasteiger partial charge in [-0.15, -0.1) is 0 Å². The zero-order valence-corrected chi connectivity index (χ0v) is 18.4. The Morgan fingerprint density at radius 1 is 0.885 bits per heavy atom. The fourth-order valence-electron chi connectivity index (χ4n) is 2.73. The first-order chi connectivity index (χ1) is 12.4. The van der Waals surface area contributed by atoms with Gasteiger partial charge >= 0.3 is 0 Å². The van der Waals surface area contributed by atoms with E-state index in [0.717, 1.165) is 31.6 Å². The van der Waals surface area contributed by atoms with Crippen molar-refractivity contribution in [3.8, 4) is 11.5 Å². The van der Waals surface area contributed by atoms with Gasteiger partial charge in [-0.05, 0) is 36.4 Å². The van der Waals surface area contributed by atoms with Crippen LogP contribution in [0.4, 0.5) is 0 Å². The van der Waals surface area contributed by atoms with Gasteiger partial charge in [0, 0.05) is 20.1 Å². The predicted octanol–water partition coefficient (Wildman–Crippen LogP) is 3.84. The standard InChI is InChI=1S/C9H8Br2O2.C9H10BrNO2/c10-5-1-2-8-6(3-5)9(12)7(11)4-13-8;10-5-1-2-8-6(3-5)9(11)7(12)4-13-8/h1-3,7,9,12H,4H2;1-3,7,9,12H,4,11H2. The zero-order chi connectivity index (χ0) is 18.8. The maximum Gasteiger partial charge on any atom is 0.125 e. The first-order valence-corrected chi connectivity index (χ1v) is 10.5. The molecule has 2 aliphatic heterocycles. The molecule has 2 aromatic carbocycles. The molecule has 26 heavy (non-hydrogen) atoms. The van der Waals surface area contributed by atoms with E-state index in [-0.39, 0.29) is 17.5 Å². The van der Waals surface area contributed by atoms with Crippen LogP contribution in [0.25, 0.3) is 0 Å². The highest BCUT2D eigenvalue weighted by Crippen LogP contribution is 2.36. The van der Waals surface area contributed by atoms with Gasteiger partial charge in [-0.3, -0.25) is 0 Å². The molecule has 0 bridgehead atoms. The van der Waals surface area contributed by atoms with Crippen LogP contribution in [0.5, 0.6) is 11.5 Å². The molecule has 0 radical (unpaired) electrons. The molecule has 0 fully saturated rings. The number of halogens is 3. The number of fused-ring (bicyclic) bond motifs is 2. The number of hydrogen-bond acceptors (Lipinski definition) is 5. The molecule has 0 saturated carbocycles. The molecule has 4 unspecified atom stereocenters. The minimum Gasteiger partial charge on any atom is -0.492 e. The van der Waals surface area contributed by atoms with E-state index in [1.54, 1.807) is 0 Å². The van der Waals surface area contributed by atoms with E-state index in [1.165, 1.54) is 0 Å². The second-order valence-electron chi connectivity index (χ2n) is 6.04. The molecule has 0 saturated heterocycles. The number of aliphatic hydroxyl groups excluding tert-OH is 2. The maximum atomic E-state index is 9.81. The van der Waals surface area contributed by atoms with Crippen molar-refractivity contribution in [2.24, 2.45) is 5.73 Å². The lowest BCUT2D eigenvalue weighted by atomic mass is 9.99. The van der Waals surface area contributed by atoms with Gasteiger partial charge in [-0.2, -0.15) is 0 Å². The average Bonchev–Trinajstić information content (AvgIpc) is 2.63. The number of rotatable bonds is 0. The van der Waals surface area contributed by atoms with Crippen LogP contribution in [0.1, 0.15) is 23.3 Å². The van der Waals surface area contributed by atoms with Crippen molar-refractivity contribution in [2.75, 3.05) is 13.2 Å². The van der Waals surface area contributed by atoms with Gasteiger partial charge in [-0.1, -0.05) is 47.8 Å². The summed E-state index contributed by atoms with van der Waals surface area (Å²) in [4.78, 5) is -0.0192. The molecule has 0 amide bonds. The number of alkyl halides is 1. The molecule has 0 spiro atoms. The van der Waals surface area contributed by atoms with Gasteiger partial charge in [0.2, 0.25) is 0 Å². The highest BCUT2D eigenvalue weighted by molar-refractivity contribution is 9.10. The molecule has 4 atom stereocenters. The van der Waals surface area contributed by atoms with Crippen LogP contribution in [-0.4, -0.2) is 34.4 Å². The zero-order valence-electron chi connectivity index (χ0n) is 13.6. The Bertz CT molecular complexity index is 724. The van der Waals surface area contributed by atoms with Crippen LogP contribution in [-0.2, 0) is 0 Å². The average molecular weight is 552 g/mol. The van der Waals surface area contributed by atoms with Crippen LogP contribution < -0.4 is 15.2 Å². The van der Waals surface area contributed by atoms with Gasteiger partial charge in [0.05, 0.1) is 17.0 Å². The van der Waals surface area contributed by atoms with Crippen LogP contribution in [0.15, 0.2) is 45.3 Å². The summed E-state index contributed by atoms with van der Waals surface area (Å²) in [5.41, 5.74) is 7.50. The lowest BCUT2D eigenvalue weighted by molar-refractivity contribution is 0.0678. The third-order valence-electron chi connectivity index (χ3n) is 4.19. The lowest BCUT2D eigenvalue weighted by Crippen LogP contribution is -2.35. The summed E-state index contributed by atoms with van der Waals surface area (Å²) < 4.78 is 12.6. The van der Waals surface area contributed by atoms with E-state index in [2.05, 4.69) is 47.8 Å². The van der Waals surface area contributed by atoms with Crippen LogP contribution in [0.3, 0.4) is 0 Å². The molecule has 2 aliphatic rings. The quantitative estimate of drug-likeness (QED) is 0.433. The van der Waals surface area contributed by atoms with E-state index in [4.69, 9.17) is 15.2 Å². The number of nitrogens with two attached hydrogens (primary N) is 1. The Kier molecular flexibility index (Phi) is 6.63. The molecule has 2 aromatic rings. The van der Waals surface area contributed by atoms with Crippen molar-refractivity contribution in [1.82, 2.24) is 0 Å². The van der Waals surface area contributed by atoms with Crippen LogP contribution in [0, 0.1) is 0 Å². The Labute approximate surface area is 176 Å². The molecule has 4 N–H and O–H groups in total. The summed E-state index contributed by atoms with van der Waals surface area (Å²) in [5.74, 6) is 1.53. The fraction of sp³-hybridized carbons (Fsp3) is 0.333. The smallest absolute Gasteiger partial charge is 0.125 e. The monoisotopic (exact) mass is 549 g/mol. The molecular formula is C18H18Br3NO4.